The molecular formula is C12H16FNO3. The Balaban J connectivity index is 2.48. The quantitative estimate of drug-likeness (QED) is 0.796. The van der Waals surface area contributed by atoms with Gasteiger partial charge in [0.1, 0.15) is 18.9 Å². The molecule has 0 saturated heterocycles. The van der Waals surface area contributed by atoms with E-state index < -0.39 is 5.67 Å². The normalized spacial score (nSPS) is 14.8. The molecule has 1 aliphatic heterocycles. The highest BCUT2D eigenvalue weighted by Gasteiger charge is 2.26. The lowest BCUT2D eigenvalue weighted by molar-refractivity contribution is 0.154. The molecule has 0 aliphatic carbocycles. The first-order valence-electron chi connectivity index (χ1n) is 5.51. The number of fused-ring (bicyclic) bond motifs is 1. The lowest BCUT2D eigenvalue weighted by Crippen LogP contribution is -2.20. The van der Waals surface area contributed by atoms with Crippen molar-refractivity contribution in [1.29, 1.82) is 0 Å². The van der Waals surface area contributed by atoms with Gasteiger partial charge in [0.2, 0.25) is 0 Å². The minimum atomic E-state index is -1.50. The zero-order chi connectivity index (χ0) is 12.5. The van der Waals surface area contributed by atoms with Crippen LogP contribution in [-0.4, -0.2) is 18.4 Å². The largest absolute Gasteiger partial charge is 0.486 e. The van der Waals surface area contributed by atoms with E-state index in [0.717, 1.165) is 0 Å². The van der Waals surface area contributed by atoms with Crippen LogP contribution in [-0.2, 0) is 12.2 Å². The van der Waals surface area contributed by atoms with E-state index in [1.807, 2.05) is 5.48 Å². The number of alkyl halides is 1. The molecule has 0 atom stereocenters. The molecule has 0 amide bonds. The molecular weight excluding hydrogens is 225 g/mol. The summed E-state index contributed by atoms with van der Waals surface area (Å²) in [5.74, 6) is 1.15. The summed E-state index contributed by atoms with van der Waals surface area (Å²) in [6.07, 6.45) is 0. The summed E-state index contributed by atoms with van der Waals surface area (Å²) >= 11 is 0. The SMILES string of the molecule is CC(C)(F)c1cc2c(cc1CNO)OCCO2. The van der Waals surface area contributed by atoms with Crippen LogP contribution in [0.4, 0.5) is 4.39 Å². The lowest BCUT2D eigenvalue weighted by atomic mass is 9.94. The first-order chi connectivity index (χ1) is 8.02. The lowest BCUT2D eigenvalue weighted by Gasteiger charge is -2.24. The van der Waals surface area contributed by atoms with Crippen LogP contribution in [0.5, 0.6) is 11.5 Å². The highest BCUT2D eigenvalue weighted by atomic mass is 19.1. The summed E-state index contributed by atoms with van der Waals surface area (Å²) in [5, 5.41) is 8.77. The van der Waals surface area contributed by atoms with E-state index in [-0.39, 0.29) is 6.54 Å². The minimum Gasteiger partial charge on any atom is -0.486 e. The van der Waals surface area contributed by atoms with E-state index in [4.69, 9.17) is 14.7 Å². The zero-order valence-corrected chi connectivity index (χ0v) is 9.92. The predicted molar refractivity (Wildman–Crippen MR) is 60.2 cm³/mol. The van der Waals surface area contributed by atoms with Crippen LogP contribution in [0.2, 0.25) is 0 Å². The van der Waals surface area contributed by atoms with Gasteiger partial charge >= 0.3 is 0 Å². The third-order valence-corrected chi connectivity index (χ3v) is 2.68. The van der Waals surface area contributed by atoms with Gasteiger partial charge < -0.3 is 14.7 Å². The average molecular weight is 241 g/mol. The number of hydroxylamine groups is 1. The van der Waals surface area contributed by atoms with Gasteiger partial charge in [0, 0.05) is 6.54 Å². The smallest absolute Gasteiger partial charge is 0.161 e. The standard InChI is InChI=1S/C12H16FNO3/c1-12(2,13)9-6-11-10(16-3-4-17-11)5-8(9)7-14-15/h5-6,14-15H,3-4,7H2,1-2H3. The van der Waals surface area contributed by atoms with Crippen LogP contribution < -0.4 is 15.0 Å². The van der Waals surface area contributed by atoms with E-state index in [0.29, 0.717) is 35.8 Å². The molecule has 1 heterocycles. The van der Waals surface area contributed by atoms with Gasteiger partial charge in [0.15, 0.2) is 11.5 Å². The number of rotatable bonds is 3. The maximum atomic E-state index is 14.1. The van der Waals surface area contributed by atoms with Gasteiger partial charge in [-0.2, -0.15) is 0 Å². The van der Waals surface area contributed by atoms with E-state index in [1.54, 1.807) is 12.1 Å². The molecule has 0 bridgehead atoms. The van der Waals surface area contributed by atoms with Crippen LogP contribution in [0.1, 0.15) is 25.0 Å². The first-order valence-corrected chi connectivity index (χ1v) is 5.51. The molecule has 0 unspecified atom stereocenters. The van der Waals surface area contributed by atoms with E-state index in [9.17, 15) is 4.39 Å². The Bertz CT molecular complexity index is 415. The topological polar surface area (TPSA) is 50.7 Å². The van der Waals surface area contributed by atoms with Gasteiger partial charge in [-0.1, -0.05) is 0 Å². The zero-order valence-electron chi connectivity index (χ0n) is 9.92. The highest BCUT2D eigenvalue weighted by molar-refractivity contribution is 5.49. The first kappa shape index (κ1) is 12.1. The number of ether oxygens (including phenoxy) is 2. The molecule has 0 aromatic heterocycles. The fourth-order valence-corrected chi connectivity index (χ4v) is 1.92. The molecule has 2 N–H and O–H groups in total. The van der Waals surface area contributed by atoms with Crippen LogP contribution in [0, 0.1) is 0 Å². The van der Waals surface area contributed by atoms with Gasteiger partial charge in [0.25, 0.3) is 0 Å². The highest BCUT2D eigenvalue weighted by Crippen LogP contribution is 2.38. The van der Waals surface area contributed by atoms with Gasteiger partial charge in [0.05, 0.1) is 0 Å². The summed E-state index contributed by atoms with van der Waals surface area (Å²) < 4.78 is 24.9. The van der Waals surface area contributed by atoms with Gasteiger partial charge in [-0.05, 0) is 37.1 Å². The van der Waals surface area contributed by atoms with E-state index in [1.165, 1.54) is 13.8 Å². The minimum absolute atomic E-state index is 0.166. The van der Waals surface area contributed by atoms with Crippen LogP contribution in [0.25, 0.3) is 0 Å². The Morgan fingerprint density at radius 1 is 1.29 bits per heavy atom. The predicted octanol–water partition coefficient (Wildman–Crippen LogP) is 2.14. The Labute approximate surface area is 99.3 Å². The van der Waals surface area contributed by atoms with Crippen molar-refractivity contribution in [2.24, 2.45) is 0 Å². The summed E-state index contributed by atoms with van der Waals surface area (Å²) in [5.41, 5.74) is 1.69. The molecule has 0 spiro atoms. The van der Waals surface area contributed by atoms with Crippen LogP contribution >= 0.6 is 0 Å². The third-order valence-electron chi connectivity index (χ3n) is 2.68. The summed E-state index contributed by atoms with van der Waals surface area (Å²) in [4.78, 5) is 0. The van der Waals surface area contributed by atoms with E-state index in [2.05, 4.69) is 0 Å². The number of halogens is 1. The molecule has 4 nitrogen and oxygen atoms in total. The van der Waals surface area contributed by atoms with Crippen molar-refractivity contribution in [1.82, 2.24) is 5.48 Å². The van der Waals surface area contributed by atoms with Crippen molar-refractivity contribution in [3.63, 3.8) is 0 Å². The van der Waals surface area contributed by atoms with Crippen molar-refractivity contribution in [2.75, 3.05) is 13.2 Å². The molecule has 1 aromatic rings. The van der Waals surface area contributed by atoms with Crippen molar-refractivity contribution in [2.45, 2.75) is 26.1 Å². The van der Waals surface area contributed by atoms with Crippen molar-refractivity contribution >= 4 is 0 Å². The molecule has 17 heavy (non-hydrogen) atoms. The third kappa shape index (κ3) is 2.50. The van der Waals surface area contributed by atoms with Crippen molar-refractivity contribution in [3.05, 3.63) is 23.3 Å². The Hall–Kier alpha value is -1.33. The van der Waals surface area contributed by atoms with E-state index >= 15 is 0 Å². The van der Waals surface area contributed by atoms with Gasteiger partial charge in [-0.25, -0.2) is 9.87 Å². The second kappa shape index (κ2) is 4.50. The van der Waals surface area contributed by atoms with Crippen molar-refractivity contribution < 1.29 is 19.1 Å². The number of nitrogens with one attached hydrogen (secondary N) is 1. The molecule has 1 aromatic carbocycles. The summed E-state index contributed by atoms with van der Waals surface area (Å²) in [6.45, 7) is 4.06. The van der Waals surface area contributed by atoms with Crippen LogP contribution in [0.15, 0.2) is 12.1 Å². The average Bonchev–Trinajstić information content (AvgIpc) is 2.27. The molecule has 0 radical (unpaired) electrons. The fourth-order valence-electron chi connectivity index (χ4n) is 1.92. The molecule has 5 heteroatoms. The van der Waals surface area contributed by atoms with Gasteiger partial charge in [-0.3, -0.25) is 0 Å². The maximum absolute atomic E-state index is 14.1. The molecule has 0 saturated carbocycles. The number of benzene rings is 1. The maximum Gasteiger partial charge on any atom is 0.161 e. The molecule has 2 rings (SSSR count). The van der Waals surface area contributed by atoms with Crippen molar-refractivity contribution in [3.8, 4) is 11.5 Å². The number of hydrogen-bond donors (Lipinski definition) is 2. The summed E-state index contributed by atoms with van der Waals surface area (Å²) in [6, 6.07) is 3.34. The molecule has 94 valence electrons. The Morgan fingerprint density at radius 3 is 2.41 bits per heavy atom. The van der Waals surface area contributed by atoms with Crippen LogP contribution in [0.3, 0.4) is 0 Å². The second-order valence-electron chi connectivity index (χ2n) is 4.46. The number of hydrogen-bond acceptors (Lipinski definition) is 4. The Morgan fingerprint density at radius 2 is 1.88 bits per heavy atom. The monoisotopic (exact) mass is 241 g/mol. The fraction of sp³-hybridized carbons (Fsp3) is 0.500. The molecule has 1 aliphatic rings. The summed E-state index contributed by atoms with van der Waals surface area (Å²) in [7, 11) is 0. The van der Waals surface area contributed by atoms with Gasteiger partial charge in [-0.15, -0.1) is 0 Å². The Kier molecular flexibility index (Phi) is 3.22. The second-order valence-corrected chi connectivity index (χ2v) is 4.46. The molecule has 0 fully saturated rings.